The average molecular weight is 393 g/mol. The van der Waals surface area contributed by atoms with Gasteiger partial charge in [-0.1, -0.05) is 36.4 Å². The Labute approximate surface area is 167 Å². The zero-order chi connectivity index (χ0) is 20.8. The Kier molecular flexibility index (Phi) is 6.19. The van der Waals surface area contributed by atoms with E-state index in [2.05, 4.69) is 5.32 Å². The van der Waals surface area contributed by atoms with Crippen molar-refractivity contribution < 1.29 is 28.7 Å². The molecule has 7 nitrogen and oxygen atoms in total. The van der Waals surface area contributed by atoms with Crippen LogP contribution in [0.5, 0.6) is 0 Å². The lowest BCUT2D eigenvalue weighted by molar-refractivity contribution is -0.142. The molecule has 7 heteroatoms. The van der Waals surface area contributed by atoms with Crippen LogP contribution in [-0.4, -0.2) is 30.7 Å². The zero-order valence-corrected chi connectivity index (χ0v) is 15.8. The third-order valence-corrected chi connectivity index (χ3v) is 4.31. The van der Waals surface area contributed by atoms with Crippen LogP contribution in [0.15, 0.2) is 48.2 Å². The third-order valence-electron chi connectivity index (χ3n) is 4.31. The molecule has 0 saturated carbocycles. The highest BCUT2D eigenvalue weighted by Gasteiger charge is 2.29. The number of carbonyl (C=O) groups is 4. The molecule has 0 radical (unpaired) electrons. The van der Waals surface area contributed by atoms with Crippen LogP contribution >= 0.6 is 0 Å². The van der Waals surface area contributed by atoms with Crippen molar-refractivity contribution in [2.75, 3.05) is 6.61 Å². The summed E-state index contributed by atoms with van der Waals surface area (Å²) in [7, 11) is 0. The molecule has 0 bridgehead atoms. The standard InChI is InChI=1S/C22H19NO6/c1-2-28-22(27)18(12-15-8-6-14(7-9-15)10-11-24)29-13-16-4-3-5-17-19(16)21(26)23-20(17)25/h3-9,11-12H,2,10,13H2,1H3,(H,23,25,26). The summed E-state index contributed by atoms with van der Waals surface area (Å²) >= 11 is 0. The van der Waals surface area contributed by atoms with Gasteiger partial charge in [-0.05, 0) is 30.2 Å². The number of ether oxygens (including phenoxy) is 2. The van der Waals surface area contributed by atoms with Gasteiger partial charge in [-0.2, -0.15) is 0 Å². The first-order chi connectivity index (χ1) is 14.0. The largest absolute Gasteiger partial charge is 0.482 e. The first-order valence-corrected chi connectivity index (χ1v) is 9.05. The van der Waals surface area contributed by atoms with Crippen LogP contribution in [-0.2, 0) is 32.1 Å². The van der Waals surface area contributed by atoms with E-state index in [0.717, 1.165) is 11.8 Å². The van der Waals surface area contributed by atoms with Crippen molar-refractivity contribution in [1.29, 1.82) is 0 Å². The Balaban J connectivity index is 1.84. The lowest BCUT2D eigenvalue weighted by Gasteiger charge is -2.11. The number of hydrogen-bond donors (Lipinski definition) is 1. The van der Waals surface area contributed by atoms with Gasteiger partial charge in [-0.15, -0.1) is 0 Å². The van der Waals surface area contributed by atoms with Gasteiger partial charge in [0.2, 0.25) is 5.76 Å². The van der Waals surface area contributed by atoms with Gasteiger partial charge in [0, 0.05) is 12.0 Å². The molecule has 0 fully saturated rings. The lowest BCUT2D eigenvalue weighted by atomic mass is 10.0. The van der Waals surface area contributed by atoms with Crippen LogP contribution in [0.1, 0.15) is 44.3 Å². The van der Waals surface area contributed by atoms with Crippen LogP contribution < -0.4 is 5.32 Å². The quantitative estimate of drug-likeness (QED) is 0.243. The highest BCUT2D eigenvalue weighted by Crippen LogP contribution is 2.22. The van der Waals surface area contributed by atoms with E-state index in [1.165, 1.54) is 6.08 Å². The molecule has 0 aromatic heterocycles. The molecular weight excluding hydrogens is 374 g/mol. The van der Waals surface area contributed by atoms with Gasteiger partial charge in [-0.3, -0.25) is 14.9 Å². The molecule has 3 rings (SSSR count). The second-order valence-corrected chi connectivity index (χ2v) is 6.25. The van der Waals surface area contributed by atoms with Crippen LogP contribution in [0.4, 0.5) is 0 Å². The normalized spacial score (nSPS) is 12.9. The van der Waals surface area contributed by atoms with Gasteiger partial charge >= 0.3 is 5.97 Å². The van der Waals surface area contributed by atoms with E-state index < -0.39 is 17.8 Å². The van der Waals surface area contributed by atoms with Crippen molar-refractivity contribution in [3.63, 3.8) is 0 Å². The predicted molar refractivity (Wildman–Crippen MR) is 104 cm³/mol. The SMILES string of the molecule is CCOC(=O)C(=Cc1ccc(CC=O)cc1)OCc1cccc2c1C(=O)NC2=O. The summed E-state index contributed by atoms with van der Waals surface area (Å²) in [4.78, 5) is 46.7. The summed E-state index contributed by atoms with van der Waals surface area (Å²) in [5, 5.41) is 2.24. The van der Waals surface area contributed by atoms with E-state index in [4.69, 9.17) is 9.47 Å². The fourth-order valence-corrected chi connectivity index (χ4v) is 2.93. The predicted octanol–water partition coefficient (Wildman–Crippen LogP) is 2.43. The highest BCUT2D eigenvalue weighted by atomic mass is 16.6. The van der Waals surface area contributed by atoms with Crippen molar-refractivity contribution >= 4 is 30.1 Å². The van der Waals surface area contributed by atoms with Gasteiger partial charge in [-0.25, -0.2) is 4.79 Å². The average Bonchev–Trinajstić information content (AvgIpc) is 3.01. The fourth-order valence-electron chi connectivity index (χ4n) is 2.93. The molecule has 0 aliphatic carbocycles. The molecule has 148 valence electrons. The molecule has 0 unspecified atom stereocenters. The molecule has 1 N–H and O–H groups in total. The molecule has 2 aromatic carbocycles. The number of imide groups is 1. The van der Waals surface area contributed by atoms with Crippen molar-refractivity contribution in [3.05, 3.63) is 76.0 Å². The smallest absolute Gasteiger partial charge is 0.373 e. The Hall–Kier alpha value is -3.74. The van der Waals surface area contributed by atoms with Crippen molar-refractivity contribution in [3.8, 4) is 0 Å². The molecule has 2 aromatic rings. The van der Waals surface area contributed by atoms with Crippen LogP contribution in [0.3, 0.4) is 0 Å². The number of aldehydes is 1. The summed E-state index contributed by atoms with van der Waals surface area (Å²) in [6.45, 7) is 1.77. The van der Waals surface area contributed by atoms with Crippen molar-refractivity contribution in [1.82, 2.24) is 5.32 Å². The second-order valence-electron chi connectivity index (χ2n) is 6.25. The summed E-state index contributed by atoms with van der Waals surface area (Å²) in [6, 6.07) is 11.9. The molecule has 0 saturated heterocycles. The van der Waals surface area contributed by atoms with Gasteiger partial charge in [0.05, 0.1) is 17.7 Å². The van der Waals surface area contributed by atoms with Crippen molar-refractivity contribution in [2.24, 2.45) is 0 Å². The molecule has 0 atom stereocenters. The van der Waals surface area contributed by atoms with E-state index in [9.17, 15) is 19.2 Å². The molecular formula is C22H19NO6. The molecule has 0 spiro atoms. The summed E-state index contributed by atoms with van der Waals surface area (Å²) in [5.74, 6) is -1.62. The summed E-state index contributed by atoms with van der Waals surface area (Å²) < 4.78 is 10.7. The Morgan fingerprint density at radius 3 is 2.48 bits per heavy atom. The Morgan fingerprint density at radius 1 is 1.03 bits per heavy atom. The molecule has 1 heterocycles. The maximum absolute atomic E-state index is 12.3. The van der Waals surface area contributed by atoms with Gasteiger partial charge in [0.15, 0.2) is 0 Å². The number of amides is 2. The first-order valence-electron chi connectivity index (χ1n) is 9.05. The van der Waals surface area contributed by atoms with E-state index in [1.54, 1.807) is 49.4 Å². The molecule has 2 amide bonds. The number of nitrogens with one attached hydrogen (secondary N) is 1. The Morgan fingerprint density at radius 2 is 1.79 bits per heavy atom. The number of carbonyl (C=O) groups excluding carboxylic acids is 4. The minimum absolute atomic E-state index is 0.0303. The van der Waals surface area contributed by atoms with E-state index in [-0.39, 0.29) is 30.1 Å². The third kappa shape index (κ3) is 4.57. The summed E-state index contributed by atoms with van der Waals surface area (Å²) in [6.07, 6.45) is 2.65. The maximum atomic E-state index is 12.3. The fraction of sp³-hybridized carbons (Fsp3) is 0.182. The van der Waals surface area contributed by atoms with Gasteiger partial charge < -0.3 is 14.3 Å². The number of esters is 1. The van der Waals surface area contributed by atoms with Gasteiger partial charge in [0.25, 0.3) is 11.8 Å². The topological polar surface area (TPSA) is 98.8 Å². The number of rotatable bonds is 8. The Bertz CT molecular complexity index is 991. The number of fused-ring (bicyclic) bond motifs is 1. The van der Waals surface area contributed by atoms with E-state index in [1.807, 2.05) is 0 Å². The van der Waals surface area contributed by atoms with Crippen LogP contribution in [0, 0.1) is 0 Å². The molecule has 29 heavy (non-hydrogen) atoms. The zero-order valence-electron chi connectivity index (χ0n) is 15.8. The number of benzene rings is 2. The maximum Gasteiger partial charge on any atom is 0.373 e. The van der Waals surface area contributed by atoms with Gasteiger partial charge in [0.1, 0.15) is 12.9 Å². The van der Waals surface area contributed by atoms with Crippen LogP contribution in [0.2, 0.25) is 0 Å². The molecule has 1 aliphatic rings. The highest BCUT2D eigenvalue weighted by molar-refractivity contribution is 6.22. The minimum atomic E-state index is -0.641. The van der Waals surface area contributed by atoms with E-state index in [0.29, 0.717) is 17.5 Å². The van der Waals surface area contributed by atoms with Crippen molar-refractivity contribution in [2.45, 2.75) is 20.0 Å². The lowest BCUT2D eigenvalue weighted by Crippen LogP contribution is -2.20. The minimum Gasteiger partial charge on any atom is -0.482 e. The van der Waals surface area contributed by atoms with E-state index >= 15 is 0 Å². The monoisotopic (exact) mass is 393 g/mol. The first kappa shape index (κ1) is 20.0. The number of hydrogen-bond acceptors (Lipinski definition) is 6. The second kappa shape index (κ2) is 8.97. The summed E-state index contributed by atoms with van der Waals surface area (Å²) in [5.41, 5.74) is 2.56. The van der Waals surface area contributed by atoms with Crippen LogP contribution in [0.25, 0.3) is 6.08 Å². The molecule has 1 aliphatic heterocycles.